The van der Waals surface area contributed by atoms with E-state index in [2.05, 4.69) is 15.5 Å². The van der Waals surface area contributed by atoms with Crippen LogP contribution in [0.15, 0.2) is 28.7 Å². The summed E-state index contributed by atoms with van der Waals surface area (Å²) >= 11 is 0. The molecule has 5 heteroatoms. The molecule has 1 heterocycles. The number of aromatic nitrogens is 2. The normalized spacial score (nSPS) is 16.4. The second-order valence-electron chi connectivity index (χ2n) is 5.80. The van der Waals surface area contributed by atoms with Gasteiger partial charge in [-0.3, -0.25) is 0 Å². The first-order valence-electron chi connectivity index (χ1n) is 8.05. The zero-order valence-electron chi connectivity index (χ0n) is 13.0. The Morgan fingerprint density at radius 3 is 2.77 bits per heavy atom. The maximum absolute atomic E-state index is 5.75. The average Bonchev–Trinajstić information content (AvgIpc) is 2.89. The number of hydrogen-bond donors (Lipinski definition) is 1. The van der Waals surface area contributed by atoms with Gasteiger partial charge in [0.1, 0.15) is 5.75 Å². The first-order chi connectivity index (χ1) is 10.8. The van der Waals surface area contributed by atoms with Crippen molar-refractivity contribution in [3.8, 4) is 17.2 Å². The number of ether oxygens (including phenoxy) is 1. The third-order valence-corrected chi connectivity index (χ3v) is 4.18. The van der Waals surface area contributed by atoms with Crippen LogP contribution >= 0.6 is 0 Å². The van der Waals surface area contributed by atoms with Crippen molar-refractivity contribution in [1.82, 2.24) is 15.5 Å². The van der Waals surface area contributed by atoms with Crippen LogP contribution in [0.4, 0.5) is 0 Å². The Kier molecular flexibility index (Phi) is 5.06. The molecule has 0 aliphatic heterocycles. The van der Waals surface area contributed by atoms with Gasteiger partial charge in [0.2, 0.25) is 11.8 Å². The molecule has 1 saturated carbocycles. The molecule has 1 aliphatic carbocycles. The number of hydrogen-bond acceptors (Lipinski definition) is 5. The summed E-state index contributed by atoms with van der Waals surface area (Å²) in [6.45, 7) is 0.641. The SMILES string of the molecule is COc1cccc(-c2nnc(CNC3CCCCCC3)o2)c1. The summed E-state index contributed by atoms with van der Waals surface area (Å²) in [6, 6.07) is 8.24. The van der Waals surface area contributed by atoms with Crippen molar-refractivity contribution in [2.75, 3.05) is 7.11 Å². The molecule has 0 saturated heterocycles. The van der Waals surface area contributed by atoms with E-state index >= 15 is 0 Å². The molecule has 0 amide bonds. The largest absolute Gasteiger partial charge is 0.497 e. The molecule has 3 rings (SSSR count). The topological polar surface area (TPSA) is 60.2 Å². The number of nitrogens with one attached hydrogen (secondary N) is 1. The lowest BCUT2D eigenvalue weighted by Crippen LogP contribution is -2.27. The Bertz CT molecular complexity index is 589. The molecule has 1 aliphatic rings. The van der Waals surface area contributed by atoms with Crippen molar-refractivity contribution in [2.45, 2.75) is 51.1 Å². The van der Waals surface area contributed by atoms with Gasteiger partial charge in [-0.2, -0.15) is 0 Å². The molecule has 5 nitrogen and oxygen atoms in total. The van der Waals surface area contributed by atoms with Crippen molar-refractivity contribution in [1.29, 1.82) is 0 Å². The van der Waals surface area contributed by atoms with Crippen LogP contribution < -0.4 is 10.1 Å². The minimum Gasteiger partial charge on any atom is -0.497 e. The molecule has 2 aromatic rings. The second kappa shape index (κ2) is 7.40. The summed E-state index contributed by atoms with van der Waals surface area (Å²) in [5, 5.41) is 11.8. The van der Waals surface area contributed by atoms with Gasteiger partial charge in [-0.15, -0.1) is 10.2 Å². The summed E-state index contributed by atoms with van der Waals surface area (Å²) in [7, 11) is 1.65. The van der Waals surface area contributed by atoms with Gasteiger partial charge < -0.3 is 14.5 Å². The summed E-state index contributed by atoms with van der Waals surface area (Å²) in [5.41, 5.74) is 0.882. The average molecular weight is 301 g/mol. The van der Waals surface area contributed by atoms with Crippen LogP contribution in [0.5, 0.6) is 5.75 Å². The van der Waals surface area contributed by atoms with Gasteiger partial charge in [0.25, 0.3) is 0 Å². The summed E-state index contributed by atoms with van der Waals surface area (Å²) < 4.78 is 11.0. The molecule has 118 valence electrons. The van der Waals surface area contributed by atoms with Crippen molar-refractivity contribution in [2.24, 2.45) is 0 Å². The van der Waals surface area contributed by atoms with Gasteiger partial charge in [-0.25, -0.2) is 0 Å². The lowest BCUT2D eigenvalue weighted by Gasteiger charge is -2.14. The fourth-order valence-corrected chi connectivity index (χ4v) is 2.91. The molecule has 1 N–H and O–H groups in total. The molecule has 0 unspecified atom stereocenters. The Morgan fingerprint density at radius 1 is 1.18 bits per heavy atom. The van der Waals surface area contributed by atoms with E-state index in [0.717, 1.165) is 11.3 Å². The summed E-state index contributed by atoms with van der Waals surface area (Å²) in [6.07, 6.45) is 7.85. The maximum Gasteiger partial charge on any atom is 0.247 e. The summed E-state index contributed by atoms with van der Waals surface area (Å²) in [4.78, 5) is 0. The zero-order valence-corrected chi connectivity index (χ0v) is 13.0. The smallest absolute Gasteiger partial charge is 0.247 e. The van der Waals surface area contributed by atoms with Crippen LogP contribution in [0.3, 0.4) is 0 Å². The minimum absolute atomic E-state index is 0.538. The third-order valence-electron chi connectivity index (χ3n) is 4.18. The molecule has 1 aromatic carbocycles. The molecule has 0 radical (unpaired) electrons. The Hall–Kier alpha value is -1.88. The predicted molar refractivity (Wildman–Crippen MR) is 84.6 cm³/mol. The fourth-order valence-electron chi connectivity index (χ4n) is 2.91. The van der Waals surface area contributed by atoms with Gasteiger partial charge in [-0.05, 0) is 31.0 Å². The minimum atomic E-state index is 0.538. The molecule has 1 fully saturated rings. The molecular formula is C17H23N3O2. The maximum atomic E-state index is 5.75. The highest BCUT2D eigenvalue weighted by molar-refractivity contribution is 5.55. The summed E-state index contributed by atoms with van der Waals surface area (Å²) in [5.74, 6) is 1.97. The lowest BCUT2D eigenvalue weighted by atomic mass is 10.1. The number of nitrogens with zero attached hydrogens (tertiary/aromatic N) is 2. The molecule has 0 atom stereocenters. The quantitative estimate of drug-likeness (QED) is 0.856. The highest BCUT2D eigenvalue weighted by Crippen LogP contribution is 2.23. The second-order valence-corrected chi connectivity index (χ2v) is 5.80. The van der Waals surface area contributed by atoms with E-state index in [-0.39, 0.29) is 0 Å². The van der Waals surface area contributed by atoms with Gasteiger partial charge in [0, 0.05) is 11.6 Å². The van der Waals surface area contributed by atoms with E-state index in [1.165, 1.54) is 38.5 Å². The van der Waals surface area contributed by atoms with Gasteiger partial charge in [0.15, 0.2) is 0 Å². The predicted octanol–water partition coefficient (Wildman–Crippen LogP) is 3.56. The molecule has 1 aromatic heterocycles. The molecule has 0 spiro atoms. The van der Waals surface area contributed by atoms with E-state index in [4.69, 9.17) is 9.15 Å². The zero-order chi connectivity index (χ0) is 15.2. The van der Waals surface area contributed by atoms with Crippen LogP contribution in [0.1, 0.15) is 44.4 Å². The van der Waals surface area contributed by atoms with Crippen molar-refractivity contribution in [3.05, 3.63) is 30.2 Å². The molecule has 0 bridgehead atoms. The van der Waals surface area contributed by atoms with E-state index in [9.17, 15) is 0 Å². The Morgan fingerprint density at radius 2 is 2.00 bits per heavy atom. The van der Waals surface area contributed by atoms with Crippen molar-refractivity contribution < 1.29 is 9.15 Å². The van der Waals surface area contributed by atoms with Gasteiger partial charge in [0.05, 0.1) is 13.7 Å². The number of benzene rings is 1. The molecular weight excluding hydrogens is 278 g/mol. The lowest BCUT2D eigenvalue weighted by molar-refractivity contribution is 0.410. The van der Waals surface area contributed by atoms with E-state index < -0.39 is 0 Å². The van der Waals surface area contributed by atoms with E-state index in [0.29, 0.717) is 24.4 Å². The fraction of sp³-hybridized carbons (Fsp3) is 0.529. The number of methoxy groups -OCH3 is 1. The van der Waals surface area contributed by atoms with Crippen LogP contribution in [-0.4, -0.2) is 23.3 Å². The van der Waals surface area contributed by atoms with E-state index in [1.54, 1.807) is 7.11 Å². The molecule has 22 heavy (non-hydrogen) atoms. The third kappa shape index (κ3) is 3.85. The van der Waals surface area contributed by atoms with Crippen LogP contribution in [0, 0.1) is 0 Å². The van der Waals surface area contributed by atoms with Crippen LogP contribution in [0.2, 0.25) is 0 Å². The van der Waals surface area contributed by atoms with E-state index in [1.807, 2.05) is 24.3 Å². The van der Waals surface area contributed by atoms with Crippen molar-refractivity contribution in [3.63, 3.8) is 0 Å². The van der Waals surface area contributed by atoms with Crippen LogP contribution in [0.25, 0.3) is 11.5 Å². The standard InChI is InChI=1S/C17H23N3O2/c1-21-15-10-6-7-13(11-15)17-20-19-16(22-17)12-18-14-8-4-2-3-5-9-14/h6-7,10-11,14,18H,2-5,8-9,12H2,1H3. The highest BCUT2D eigenvalue weighted by atomic mass is 16.5. The van der Waals surface area contributed by atoms with Gasteiger partial charge in [-0.1, -0.05) is 31.7 Å². The monoisotopic (exact) mass is 301 g/mol. The Balaban J connectivity index is 1.60. The highest BCUT2D eigenvalue weighted by Gasteiger charge is 2.14. The Labute approximate surface area is 131 Å². The van der Waals surface area contributed by atoms with Gasteiger partial charge >= 0.3 is 0 Å². The number of rotatable bonds is 5. The first kappa shape index (κ1) is 15.0. The first-order valence-corrected chi connectivity index (χ1v) is 8.05. The van der Waals surface area contributed by atoms with Crippen molar-refractivity contribution >= 4 is 0 Å². The van der Waals surface area contributed by atoms with Crippen LogP contribution in [-0.2, 0) is 6.54 Å².